The lowest BCUT2D eigenvalue weighted by Gasteiger charge is -2.27. The van der Waals surface area contributed by atoms with Crippen LogP contribution in [0.2, 0.25) is 5.02 Å². The fraction of sp³-hybridized carbons (Fsp3) is 0.115. The van der Waals surface area contributed by atoms with Crippen molar-refractivity contribution in [3.63, 3.8) is 0 Å². The Bertz CT molecular complexity index is 1370. The molecule has 1 N–H and O–H groups in total. The molecular formula is C26H20ClFN2O5. The molecule has 1 aliphatic rings. The zero-order chi connectivity index (χ0) is 25.1. The number of halogens is 2. The Balaban J connectivity index is 1.62. The molecule has 7 nitrogen and oxygen atoms in total. The maximum Gasteiger partial charge on any atom is 0.335 e. The third kappa shape index (κ3) is 5.02. The van der Waals surface area contributed by atoms with Crippen molar-refractivity contribution >= 4 is 41.2 Å². The van der Waals surface area contributed by atoms with Gasteiger partial charge in [-0.2, -0.15) is 0 Å². The van der Waals surface area contributed by atoms with E-state index in [1.807, 2.05) is 0 Å². The first-order valence-corrected chi connectivity index (χ1v) is 10.9. The number of amides is 4. The molecule has 4 rings (SSSR count). The van der Waals surface area contributed by atoms with Gasteiger partial charge in [-0.3, -0.25) is 14.9 Å². The summed E-state index contributed by atoms with van der Waals surface area (Å²) in [5.41, 5.74) is 1.67. The highest BCUT2D eigenvalue weighted by Gasteiger charge is 2.37. The highest BCUT2D eigenvalue weighted by atomic mass is 35.5. The maximum atomic E-state index is 13.4. The number of carbonyl (C=O) groups excluding carboxylic acids is 3. The Morgan fingerprint density at radius 2 is 1.80 bits per heavy atom. The molecule has 3 aromatic rings. The summed E-state index contributed by atoms with van der Waals surface area (Å²) < 4.78 is 24.5. The van der Waals surface area contributed by atoms with Crippen LogP contribution < -0.4 is 19.7 Å². The fourth-order valence-corrected chi connectivity index (χ4v) is 3.73. The number of barbiturate groups is 1. The van der Waals surface area contributed by atoms with Crippen molar-refractivity contribution in [2.75, 3.05) is 12.0 Å². The van der Waals surface area contributed by atoms with E-state index in [1.165, 1.54) is 25.3 Å². The molecule has 3 aromatic carbocycles. The Labute approximate surface area is 205 Å². The predicted molar refractivity (Wildman–Crippen MR) is 129 cm³/mol. The van der Waals surface area contributed by atoms with E-state index in [2.05, 4.69) is 5.32 Å². The first-order valence-electron chi connectivity index (χ1n) is 10.5. The summed E-state index contributed by atoms with van der Waals surface area (Å²) >= 11 is 6.15. The van der Waals surface area contributed by atoms with Crippen LogP contribution >= 0.6 is 11.6 Å². The van der Waals surface area contributed by atoms with Crippen LogP contribution in [0.4, 0.5) is 14.9 Å². The Hall–Kier alpha value is -4.17. The van der Waals surface area contributed by atoms with Gasteiger partial charge >= 0.3 is 6.03 Å². The van der Waals surface area contributed by atoms with Gasteiger partial charge in [0.05, 0.1) is 12.8 Å². The number of ether oxygens (including phenoxy) is 2. The lowest BCUT2D eigenvalue weighted by Crippen LogP contribution is -2.54. The van der Waals surface area contributed by atoms with Crippen molar-refractivity contribution in [3.8, 4) is 11.5 Å². The molecular weight excluding hydrogens is 475 g/mol. The number of nitrogens with one attached hydrogen (secondary N) is 1. The zero-order valence-corrected chi connectivity index (χ0v) is 19.6. The van der Waals surface area contributed by atoms with Gasteiger partial charge in [0.15, 0.2) is 11.5 Å². The summed E-state index contributed by atoms with van der Waals surface area (Å²) in [6, 6.07) is 14.8. The first kappa shape index (κ1) is 24.0. The predicted octanol–water partition coefficient (Wildman–Crippen LogP) is 5.04. The zero-order valence-electron chi connectivity index (χ0n) is 18.8. The summed E-state index contributed by atoms with van der Waals surface area (Å²) in [7, 11) is 1.45. The number of urea groups is 1. The molecule has 0 aromatic heterocycles. The van der Waals surface area contributed by atoms with E-state index in [-0.39, 0.29) is 23.7 Å². The average molecular weight is 495 g/mol. The number of methoxy groups -OCH3 is 1. The van der Waals surface area contributed by atoms with Gasteiger partial charge < -0.3 is 9.47 Å². The molecule has 1 heterocycles. The molecule has 9 heteroatoms. The van der Waals surface area contributed by atoms with Crippen LogP contribution in [0.3, 0.4) is 0 Å². The number of imide groups is 2. The number of anilines is 1. The van der Waals surface area contributed by atoms with Gasteiger partial charge in [-0.05, 0) is 66.1 Å². The molecule has 0 radical (unpaired) electrons. The highest BCUT2D eigenvalue weighted by molar-refractivity contribution is 6.39. The molecule has 0 saturated carbocycles. The van der Waals surface area contributed by atoms with Crippen molar-refractivity contribution < 1.29 is 28.2 Å². The standard InChI is InChI=1S/C26H20ClFN2O5/c1-15-20(27)7-4-8-21(15)30-25(32)19(24(31)29-26(30)33)12-16-9-10-22(23(13-16)34-2)35-14-17-5-3-6-18(28)11-17/h3-13H,14H2,1-2H3,(H,29,31,33)/b19-12+. The first-order chi connectivity index (χ1) is 16.8. The minimum Gasteiger partial charge on any atom is -0.493 e. The minimum absolute atomic E-state index is 0.117. The number of hydrogen-bond acceptors (Lipinski definition) is 5. The van der Waals surface area contributed by atoms with Gasteiger partial charge in [-0.15, -0.1) is 0 Å². The van der Waals surface area contributed by atoms with Gasteiger partial charge in [-0.25, -0.2) is 14.1 Å². The number of carbonyl (C=O) groups is 3. The van der Waals surface area contributed by atoms with E-state index < -0.39 is 17.8 Å². The van der Waals surface area contributed by atoms with E-state index in [0.29, 0.717) is 33.2 Å². The van der Waals surface area contributed by atoms with Crippen LogP contribution in [0, 0.1) is 12.7 Å². The largest absolute Gasteiger partial charge is 0.493 e. The Morgan fingerprint density at radius 1 is 1.03 bits per heavy atom. The van der Waals surface area contributed by atoms with Crippen LogP contribution in [0.15, 0.2) is 66.2 Å². The molecule has 35 heavy (non-hydrogen) atoms. The lowest BCUT2D eigenvalue weighted by molar-refractivity contribution is -0.122. The fourth-order valence-electron chi connectivity index (χ4n) is 3.56. The molecule has 0 spiro atoms. The van der Waals surface area contributed by atoms with Gasteiger partial charge in [0.1, 0.15) is 18.0 Å². The summed E-state index contributed by atoms with van der Waals surface area (Å²) in [6.07, 6.45) is 1.36. The molecule has 4 amide bonds. The molecule has 0 bridgehead atoms. The molecule has 1 fully saturated rings. The smallest absolute Gasteiger partial charge is 0.335 e. The Kier molecular flexibility index (Phi) is 6.84. The number of rotatable bonds is 6. The summed E-state index contributed by atoms with van der Waals surface area (Å²) in [6.45, 7) is 1.79. The van der Waals surface area contributed by atoms with Crippen molar-refractivity contribution in [3.05, 3.63) is 93.8 Å². The normalized spacial score (nSPS) is 14.8. The van der Waals surface area contributed by atoms with E-state index in [1.54, 1.807) is 55.5 Å². The summed E-state index contributed by atoms with van der Waals surface area (Å²) in [5.74, 6) is -1.23. The van der Waals surface area contributed by atoms with Crippen LogP contribution in [-0.2, 0) is 16.2 Å². The van der Waals surface area contributed by atoms with E-state index >= 15 is 0 Å². The van der Waals surface area contributed by atoms with Crippen LogP contribution in [0.5, 0.6) is 11.5 Å². The lowest BCUT2D eigenvalue weighted by atomic mass is 10.1. The average Bonchev–Trinajstić information content (AvgIpc) is 2.83. The van der Waals surface area contributed by atoms with Crippen molar-refractivity contribution in [2.45, 2.75) is 13.5 Å². The van der Waals surface area contributed by atoms with Crippen LogP contribution in [0.25, 0.3) is 6.08 Å². The topological polar surface area (TPSA) is 84.9 Å². The van der Waals surface area contributed by atoms with Gasteiger partial charge in [0.25, 0.3) is 11.8 Å². The minimum atomic E-state index is -0.860. The van der Waals surface area contributed by atoms with E-state index in [4.69, 9.17) is 21.1 Å². The van der Waals surface area contributed by atoms with Crippen molar-refractivity contribution in [2.24, 2.45) is 0 Å². The Morgan fingerprint density at radius 3 is 2.54 bits per heavy atom. The maximum absolute atomic E-state index is 13.4. The monoisotopic (exact) mass is 494 g/mol. The molecule has 0 aliphatic carbocycles. The van der Waals surface area contributed by atoms with Crippen LogP contribution in [0.1, 0.15) is 16.7 Å². The second-order valence-corrected chi connectivity index (χ2v) is 8.08. The molecule has 1 aliphatic heterocycles. The van der Waals surface area contributed by atoms with E-state index in [9.17, 15) is 18.8 Å². The second-order valence-electron chi connectivity index (χ2n) is 7.67. The third-order valence-corrected chi connectivity index (χ3v) is 5.77. The van der Waals surface area contributed by atoms with Gasteiger partial charge in [0, 0.05) is 5.02 Å². The SMILES string of the molecule is COc1cc(/C=C2\C(=O)NC(=O)N(c3cccc(Cl)c3C)C2=O)ccc1OCc1cccc(F)c1. The van der Waals surface area contributed by atoms with Gasteiger partial charge in [0.2, 0.25) is 0 Å². The number of hydrogen-bond donors (Lipinski definition) is 1. The van der Waals surface area contributed by atoms with E-state index in [0.717, 1.165) is 4.90 Å². The van der Waals surface area contributed by atoms with Crippen LogP contribution in [-0.4, -0.2) is 25.0 Å². The quantitative estimate of drug-likeness (QED) is 0.383. The summed E-state index contributed by atoms with van der Waals surface area (Å²) in [4.78, 5) is 39.0. The number of benzene rings is 3. The van der Waals surface area contributed by atoms with Crippen molar-refractivity contribution in [1.29, 1.82) is 0 Å². The number of nitrogens with zero attached hydrogens (tertiary/aromatic N) is 1. The van der Waals surface area contributed by atoms with Gasteiger partial charge in [-0.1, -0.05) is 35.9 Å². The molecule has 1 saturated heterocycles. The van der Waals surface area contributed by atoms with Crippen molar-refractivity contribution in [1.82, 2.24) is 5.32 Å². The molecule has 0 unspecified atom stereocenters. The molecule has 0 atom stereocenters. The highest BCUT2D eigenvalue weighted by Crippen LogP contribution is 2.32. The summed E-state index contributed by atoms with van der Waals surface area (Å²) in [5, 5.41) is 2.57. The molecule has 178 valence electrons. The second kappa shape index (κ2) is 9.99. The third-order valence-electron chi connectivity index (χ3n) is 5.36.